The monoisotopic (exact) mass is 622 g/mol. The van der Waals surface area contributed by atoms with E-state index in [1.54, 1.807) is 0 Å². The molecular weight excluding hydrogens is 561 g/mol. The average Bonchev–Trinajstić information content (AvgIpc) is 3.03. The fraction of sp³-hybridized carbons (Fsp3) is 0.625. The lowest BCUT2D eigenvalue weighted by molar-refractivity contribution is 0.282. The molecule has 246 valence electrons. The quantitative estimate of drug-likeness (QED) is 0.0429. The van der Waals surface area contributed by atoms with Gasteiger partial charge in [0.15, 0.2) is 11.5 Å². The second-order valence-electron chi connectivity index (χ2n) is 11.9. The van der Waals surface area contributed by atoms with Crippen LogP contribution >= 0.6 is 12.2 Å². The van der Waals surface area contributed by atoms with Gasteiger partial charge in [-0.2, -0.15) is 0 Å². The van der Waals surface area contributed by atoms with Crippen LogP contribution in [-0.4, -0.2) is 24.7 Å². The van der Waals surface area contributed by atoms with E-state index in [0.717, 1.165) is 33.9 Å². The molecule has 44 heavy (non-hydrogen) atoms. The van der Waals surface area contributed by atoms with Crippen molar-refractivity contribution in [3.63, 3.8) is 0 Å². The standard InChI is InChI=1S/C40H62O3S/c1-5-9-10-11-12-13-14-15-16-17-18-19-20-21-22-23-24-25-34-26-28-35(29-27-34)39(44)31-30-36-32-37(41-6-2)33-38(42-7-3)40(36)43-8-4/h26-33H,5-25H2,1-4H3. The summed E-state index contributed by atoms with van der Waals surface area (Å²) in [5, 5.41) is 0. The minimum atomic E-state index is 0.556. The molecule has 0 aliphatic heterocycles. The van der Waals surface area contributed by atoms with Crippen LogP contribution in [0.3, 0.4) is 0 Å². The molecule has 0 N–H and O–H groups in total. The Morgan fingerprint density at radius 3 is 1.59 bits per heavy atom. The summed E-state index contributed by atoms with van der Waals surface area (Å²) >= 11 is 5.76. The van der Waals surface area contributed by atoms with Crippen LogP contribution in [0.2, 0.25) is 0 Å². The predicted octanol–water partition coefficient (Wildman–Crippen LogP) is 12.5. The molecule has 4 heteroatoms. The number of unbranched alkanes of at least 4 members (excludes halogenated alkanes) is 16. The van der Waals surface area contributed by atoms with E-state index < -0.39 is 0 Å². The first kappa shape index (κ1) is 37.9. The highest BCUT2D eigenvalue weighted by molar-refractivity contribution is 7.81. The third-order valence-electron chi connectivity index (χ3n) is 8.18. The molecule has 0 fully saturated rings. The minimum absolute atomic E-state index is 0.556. The van der Waals surface area contributed by atoms with E-state index in [1.165, 1.54) is 115 Å². The maximum Gasteiger partial charge on any atom is 0.168 e. The number of aryl methyl sites for hydroxylation is 1. The van der Waals surface area contributed by atoms with Gasteiger partial charge in [0.1, 0.15) is 5.75 Å². The Hall–Kier alpha value is -2.33. The summed E-state index contributed by atoms with van der Waals surface area (Å²) in [5.41, 5.74) is 3.36. The Labute approximate surface area is 276 Å². The fourth-order valence-electron chi connectivity index (χ4n) is 5.68. The molecule has 0 bridgehead atoms. The number of allylic oxidation sites excluding steroid dienone is 1. The van der Waals surface area contributed by atoms with Crippen molar-refractivity contribution in [2.45, 2.75) is 143 Å². The summed E-state index contributed by atoms with van der Waals surface area (Å²) in [6.07, 6.45) is 29.1. The van der Waals surface area contributed by atoms with Crippen molar-refractivity contribution < 1.29 is 14.2 Å². The van der Waals surface area contributed by atoms with E-state index >= 15 is 0 Å². The molecule has 0 saturated heterocycles. The molecule has 0 aromatic heterocycles. The van der Waals surface area contributed by atoms with E-state index in [9.17, 15) is 0 Å². The van der Waals surface area contributed by atoms with E-state index in [1.807, 2.05) is 45.1 Å². The van der Waals surface area contributed by atoms with Crippen molar-refractivity contribution in [3.05, 3.63) is 59.2 Å². The zero-order valence-corrected chi connectivity index (χ0v) is 29.4. The van der Waals surface area contributed by atoms with E-state index in [0.29, 0.717) is 25.6 Å². The number of ether oxygens (including phenoxy) is 3. The van der Waals surface area contributed by atoms with Gasteiger partial charge in [-0.15, -0.1) is 0 Å². The Morgan fingerprint density at radius 1 is 0.591 bits per heavy atom. The smallest absolute Gasteiger partial charge is 0.168 e. The lowest BCUT2D eigenvalue weighted by Gasteiger charge is -2.16. The summed E-state index contributed by atoms with van der Waals surface area (Å²) in [4.78, 5) is 0.802. The average molecular weight is 623 g/mol. The Balaban J connectivity index is 1.64. The van der Waals surface area contributed by atoms with Crippen LogP contribution in [0.15, 0.2) is 42.5 Å². The van der Waals surface area contributed by atoms with Gasteiger partial charge in [-0.25, -0.2) is 0 Å². The van der Waals surface area contributed by atoms with E-state index in [-0.39, 0.29) is 0 Å². The van der Waals surface area contributed by atoms with Gasteiger partial charge in [-0.1, -0.05) is 146 Å². The first-order valence-electron chi connectivity index (χ1n) is 18.0. The minimum Gasteiger partial charge on any atom is -0.494 e. The molecule has 0 unspecified atom stereocenters. The van der Waals surface area contributed by atoms with Gasteiger partial charge in [0.25, 0.3) is 0 Å². The highest BCUT2D eigenvalue weighted by Crippen LogP contribution is 2.37. The lowest BCUT2D eigenvalue weighted by Crippen LogP contribution is -2.02. The maximum atomic E-state index is 5.94. The molecule has 0 atom stereocenters. The van der Waals surface area contributed by atoms with Crippen molar-refractivity contribution in [2.24, 2.45) is 0 Å². The van der Waals surface area contributed by atoms with Crippen LogP contribution in [0.1, 0.15) is 154 Å². The lowest BCUT2D eigenvalue weighted by atomic mass is 10.0. The SMILES string of the molecule is CCCCCCCCCCCCCCCCCCCc1ccc(C(=S)C=Cc2cc(OCC)cc(OCC)c2OCC)cc1. The van der Waals surface area contributed by atoms with Gasteiger partial charge in [0.2, 0.25) is 0 Å². The molecule has 0 aliphatic rings. The van der Waals surface area contributed by atoms with Gasteiger partial charge in [0.05, 0.1) is 19.8 Å². The summed E-state index contributed by atoms with van der Waals surface area (Å²) in [5.74, 6) is 2.18. The van der Waals surface area contributed by atoms with Gasteiger partial charge >= 0.3 is 0 Å². The molecule has 2 rings (SSSR count). The number of benzene rings is 2. The summed E-state index contributed by atoms with van der Waals surface area (Å²) < 4.78 is 17.6. The topological polar surface area (TPSA) is 27.7 Å². The Morgan fingerprint density at radius 2 is 1.09 bits per heavy atom. The molecule has 0 saturated carbocycles. The molecule has 0 amide bonds. The Bertz CT molecular complexity index is 1040. The Kier molecular flexibility index (Phi) is 21.4. The second kappa shape index (κ2) is 24.9. The van der Waals surface area contributed by atoms with Crippen LogP contribution in [0.25, 0.3) is 6.08 Å². The third-order valence-corrected chi connectivity index (χ3v) is 8.55. The van der Waals surface area contributed by atoms with Gasteiger partial charge in [-0.05, 0) is 63.0 Å². The van der Waals surface area contributed by atoms with E-state index in [4.69, 9.17) is 26.4 Å². The molecule has 0 heterocycles. The first-order valence-corrected chi connectivity index (χ1v) is 18.4. The van der Waals surface area contributed by atoms with Gasteiger partial charge in [-0.3, -0.25) is 0 Å². The predicted molar refractivity (Wildman–Crippen MR) is 195 cm³/mol. The van der Waals surface area contributed by atoms with Crippen LogP contribution < -0.4 is 14.2 Å². The molecule has 0 radical (unpaired) electrons. The number of hydrogen-bond acceptors (Lipinski definition) is 4. The van der Waals surface area contributed by atoms with Crippen LogP contribution in [0.4, 0.5) is 0 Å². The maximum absolute atomic E-state index is 5.94. The highest BCUT2D eigenvalue weighted by Gasteiger charge is 2.13. The molecule has 2 aromatic rings. The fourth-order valence-corrected chi connectivity index (χ4v) is 5.89. The first-order chi connectivity index (χ1) is 21.6. The van der Waals surface area contributed by atoms with Crippen LogP contribution in [0.5, 0.6) is 17.2 Å². The molecule has 0 spiro atoms. The van der Waals surface area contributed by atoms with Gasteiger partial charge < -0.3 is 14.2 Å². The normalized spacial score (nSPS) is 11.3. The zero-order valence-electron chi connectivity index (χ0n) is 28.6. The van der Waals surface area contributed by atoms with Crippen molar-refractivity contribution in [3.8, 4) is 17.2 Å². The van der Waals surface area contributed by atoms with Crippen LogP contribution in [0, 0.1) is 0 Å². The summed E-state index contributed by atoms with van der Waals surface area (Å²) in [6.45, 7) is 9.93. The summed E-state index contributed by atoms with van der Waals surface area (Å²) in [7, 11) is 0. The number of thiocarbonyl (C=S) groups is 1. The van der Waals surface area contributed by atoms with Crippen molar-refractivity contribution in [1.29, 1.82) is 0 Å². The van der Waals surface area contributed by atoms with Crippen LogP contribution in [-0.2, 0) is 6.42 Å². The van der Waals surface area contributed by atoms with Crippen molar-refractivity contribution >= 4 is 23.2 Å². The third kappa shape index (κ3) is 16.1. The zero-order chi connectivity index (χ0) is 31.7. The summed E-state index contributed by atoms with van der Waals surface area (Å²) in [6, 6.07) is 12.7. The molecule has 2 aromatic carbocycles. The van der Waals surface area contributed by atoms with Crippen molar-refractivity contribution in [2.75, 3.05) is 19.8 Å². The number of rotatable bonds is 27. The second-order valence-corrected chi connectivity index (χ2v) is 12.4. The highest BCUT2D eigenvalue weighted by atomic mass is 32.1. The molecular formula is C40H62O3S. The largest absolute Gasteiger partial charge is 0.494 e. The number of hydrogen-bond donors (Lipinski definition) is 0. The molecule has 3 nitrogen and oxygen atoms in total. The van der Waals surface area contributed by atoms with Crippen molar-refractivity contribution in [1.82, 2.24) is 0 Å². The molecule has 0 aliphatic carbocycles. The van der Waals surface area contributed by atoms with Gasteiger partial charge in [0, 0.05) is 16.5 Å². The van der Waals surface area contributed by atoms with E-state index in [2.05, 4.69) is 31.2 Å².